The van der Waals surface area contributed by atoms with E-state index in [1.165, 1.54) is 11.0 Å². The van der Waals surface area contributed by atoms with Crippen molar-refractivity contribution in [3.05, 3.63) is 6.33 Å². The van der Waals surface area contributed by atoms with Gasteiger partial charge in [-0.15, -0.1) is 5.10 Å². The van der Waals surface area contributed by atoms with Gasteiger partial charge in [0.2, 0.25) is 11.9 Å². The number of likely N-dealkylation sites (tertiary alicyclic amines) is 1. The topological polar surface area (TPSA) is 86.3 Å². The van der Waals surface area contributed by atoms with Gasteiger partial charge in [0.15, 0.2) is 0 Å². The highest BCUT2D eigenvalue weighted by molar-refractivity contribution is 5.76. The van der Waals surface area contributed by atoms with Crippen molar-refractivity contribution in [2.45, 2.75) is 25.5 Å². The lowest BCUT2D eigenvalue weighted by atomic mass is 10.1. The molecule has 1 unspecified atom stereocenters. The molecule has 0 radical (unpaired) electrons. The van der Waals surface area contributed by atoms with Crippen LogP contribution in [0.4, 0.5) is 5.95 Å². The van der Waals surface area contributed by atoms with Gasteiger partial charge in [-0.3, -0.25) is 4.79 Å². The van der Waals surface area contributed by atoms with Gasteiger partial charge in [-0.05, 0) is 12.8 Å². The van der Waals surface area contributed by atoms with Crippen molar-refractivity contribution in [2.75, 3.05) is 25.9 Å². The summed E-state index contributed by atoms with van der Waals surface area (Å²) in [7, 11) is 1.68. The fourth-order valence-electron chi connectivity index (χ4n) is 1.98. The Bertz CT molecular complexity index is 392. The molecule has 1 fully saturated rings. The number of nitrogen functional groups attached to an aromatic ring is 1. The minimum Gasteiger partial charge on any atom is -0.380 e. The molecule has 0 aromatic carbocycles. The van der Waals surface area contributed by atoms with Crippen molar-refractivity contribution < 1.29 is 9.53 Å². The van der Waals surface area contributed by atoms with Gasteiger partial charge in [0.05, 0.1) is 6.10 Å². The van der Waals surface area contributed by atoms with E-state index in [0.717, 1.165) is 19.4 Å². The molecule has 1 aromatic heterocycles. The molecule has 2 heterocycles. The molecular formula is C10H17N5O2. The summed E-state index contributed by atoms with van der Waals surface area (Å²) in [4.78, 5) is 17.6. The Morgan fingerprint density at radius 1 is 1.71 bits per heavy atom. The highest BCUT2D eigenvalue weighted by atomic mass is 16.5. The average Bonchev–Trinajstić information content (AvgIpc) is 2.75. The Labute approximate surface area is 99.5 Å². The second kappa shape index (κ2) is 5.13. The summed E-state index contributed by atoms with van der Waals surface area (Å²) >= 11 is 0. The highest BCUT2D eigenvalue weighted by Crippen LogP contribution is 2.12. The zero-order chi connectivity index (χ0) is 12.3. The second-order valence-electron chi connectivity index (χ2n) is 4.14. The zero-order valence-electron chi connectivity index (χ0n) is 9.87. The van der Waals surface area contributed by atoms with E-state index in [1.54, 1.807) is 12.0 Å². The smallest absolute Gasteiger partial charge is 0.244 e. The van der Waals surface area contributed by atoms with E-state index >= 15 is 0 Å². The van der Waals surface area contributed by atoms with Gasteiger partial charge in [-0.2, -0.15) is 0 Å². The number of hydrogen-bond donors (Lipinski definition) is 1. The maximum atomic E-state index is 12.0. The molecule has 1 saturated heterocycles. The molecule has 2 rings (SSSR count). The first kappa shape index (κ1) is 11.8. The quantitative estimate of drug-likeness (QED) is 0.768. The Morgan fingerprint density at radius 3 is 3.18 bits per heavy atom. The van der Waals surface area contributed by atoms with Crippen LogP contribution in [0.5, 0.6) is 0 Å². The number of nitrogens with two attached hydrogens (primary N) is 1. The zero-order valence-corrected chi connectivity index (χ0v) is 9.87. The summed E-state index contributed by atoms with van der Waals surface area (Å²) in [5.41, 5.74) is 5.39. The largest absolute Gasteiger partial charge is 0.380 e. The first-order valence-electron chi connectivity index (χ1n) is 5.64. The number of anilines is 1. The van der Waals surface area contributed by atoms with Crippen molar-refractivity contribution >= 4 is 11.9 Å². The van der Waals surface area contributed by atoms with E-state index in [2.05, 4.69) is 10.1 Å². The molecule has 1 aliphatic rings. The molecular weight excluding hydrogens is 222 g/mol. The molecule has 0 saturated carbocycles. The summed E-state index contributed by atoms with van der Waals surface area (Å²) < 4.78 is 6.73. The highest BCUT2D eigenvalue weighted by Gasteiger charge is 2.23. The predicted molar refractivity (Wildman–Crippen MR) is 61.0 cm³/mol. The van der Waals surface area contributed by atoms with E-state index < -0.39 is 0 Å². The molecule has 1 aliphatic heterocycles. The number of carbonyl (C=O) groups excluding carboxylic acids is 1. The first-order valence-corrected chi connectivity index (χ1v) is 5.64. The molecule has 0 aliphatic carbocycles. The van der Waals surface area contributed by atoms with Crippen LogP contribution in [0.25, 0.3) is 0 Å². The lowest BCUT2D eigenvalue weighted by Gasteiger charge is -2.31. The molecule has 94 valence electrons. The lowest BCUT2D eigenvalue weighted by molar-refractivity contribution is -0.135. The van der Waals surface area contributed by atoms with Gasteiger partial charge < -0.3 is 15.4 Å². The molecule has 7 heteroatoms. The van der Waals surface area contributed by atoms with Gasteiger partial charge >= 0.3 is 0 Å². The van der Waals surface area contributed by atoms with Gasteiger partial charge in [-0.1, -0.05) is 0 Å². The van der Waals surface area contributed by atoms with Crippen LogP contribution in [0, 0.1) is 0 Å². The SMILES string of the molecule is COC1CCCN(C(=O)Cn2cnc(N)n2)C1. The maximum Gasteiger partial charge on any atom is 0.244 e. The van der Waals surface area contributed by atoms with Gasteiger partial charge in [0, 0.05) is 20.2 Å². The number of hydrogen-bond acceptors (Lipinski definition) is 5. The Morgan fingerprint density at radius 2 is 2.53 bits per heavy atom. The monoisotopic (exact) mass is 239 g/mol. The number of nitrogens with zero attached hydrogens (tertiary/aromatic N) is 4. The third kappa shape index (κ3) is 2.94. The van der Waals surface area contributed by atoms with E-state index in [9.17, 15) is 4.79 Å². The third-order valence-corrected chi connectivity index (χ3v) is 2.92. The summed E-state index contributed by atoms with van der Waals surface area (Å²) in [6, 6.07) is 0. The minimum absolute atomic E-state index is 0.0247. The number of ether oxygens (including phenoxy) is 1. The molecule has 17 heavy (non-hydrogen) atoms. The molecule has 0 bridgehead atoms. The molecule has 0 spiro atoms. The maximum absolute atomic E-state index is 12.0. The summed E-state index contributed by atoms with van der Waals surface area (Å²) in [6.45, 7) is 1.61. The van der Waals surface area contributed by atoms with Crippen LogP contribution in [0.15, 0.2) is 6.33 Å². The van der Waals surface area contributed by atoms with Crippen molar-refractivity contribution in [3.8, 4) is 0 Å². The predicted octanol–water partition coefficient (Wildman–Crippen LogP) is -0.502. The van der Waals surface area contributed by atoms with Gasteiger partial charge in [0.1, 0.15) is 12.9 Å². The summed E-state index contributed by atoms with van der Waals surface area (Å²) in [5, 5.41) is 3.89. The Hall–Kier alpha value is -1.63. The molecule has 1 aromatic rings. The van der Waals surface area contributed by atoms with Crippen molar-refractivity contribution in [3.63, 3.8) is 0 Å². The minimum atomic E-state index is 0.0247. The molecule has 2 N–H and O–H groups in total. The van der Waals surface area contributed by atoms with Crippen LogP contribution in [0.2, 0.25) is 0 Å². The fourth-order valence-corrected chi connectivity index (χ4v) is 1.98. The van der Waals surface area contributed by atoms with Crippen molar-refractivity contribution in [2.24, 2.45) is 0 Å². The molecule has 1 atom stereocenters. The van der Waals surface area contributed by atoms with Gasteiger partial charge in [0.25, 0.3) is 0 Å². The number of aromatic nitrogens is 3. The first-order chi connectivity index (χ1) is 8.19. The number of carbonyl (C=O) groups is 1. The van der Waals surface area contributed by atoms with E-state index in [1.807, 2.05) is 0 Å². The van der Waals surface area contributed by atoms with Crippen molar-refractivity contribution in [1.82, 2.24) is 19.7 Å². The van der Waals surface area contributed by atoms with E-state index in [4.69, 9.17) is 10.5 Å². The van der Waals surface area contributed by atoms with Crippen LogP contribution in [0.1, 0.15) is 12.8 Å². The number of piperidine rings is 1. The average molecular weight is 239 g/mol. The normalized spacial score (nSPS) is 20.5. The summed E-state index contributed by atoms with van der Waals surface area (Å²) in [6.07, 6.45) is 3.60. The number of methoxy groups -OCH3 is 1. The number of amides is 1. The number of rotatable bonds is 3. The second-order valence-corrected chi connectivity index (χ2v) is 4.14. The van der Waals surface area contributed by atoms with Gasteiger partial charge in [-0.25, -0.2) is 9.67 Å². The van der Waals surface area contributed by atoms with E-state index in [-0.39, 0.29) is 24.5 Å². The van der Waals surface area contributed by atoms with Crippen molar-refractivity contribution in [1.29, 1.82) is 0 Å². The molecule has 7 nitrogen and oxygen atoms in total. The van der Waals surface area contributed by atoms with Crippen LogP contribution >= 0.6 is 0 Å². The van der Waals surface area contributed by atoms with Crippen LogP contribution in [-0.4, -0.2) is 51.9 Å². The summed E-state index contributed by atoms with van der Waals surface area (Å²) in [5.74, 6) is 0.211. The van der Waals surface area contributed by atoms with Crippen LogP contribution < -0.4 is 5.73 Å². The third-order valence-electron chi connectivity index (χ3n) is 2.92. The fraction of sp³-hybridized carbons (Fsp3) is 0.700. The Balaban J connectivity index is 1.91. The van der Waals surface area contributed by atoms with E-state index in [0.29, 0.717) is 6.54 Å². The molecule has 1 amide bonds. The van der Waals surface area contributed by atoms with Crippen LogP contribution in [0.3, 0.4) is 0 Å². The standard InChI is InChI=1S/C10H17N5O2/c1-17-8-3-2-4-14(5-8)9(16)6-15-7-12-10(11)13-15/h7-8H,2-6H2,1H3,(H2,11,13). The Kier molecular flexibility index (Phi) is 3.58. The van der Waals surface area contributed by atoms with Crippen LogP contribution in [-0.2, 0) is 16.1 Å². The lowest BCUT2D eigenvalue weighted by Crippen LogP contribution is -2.44.